The van der Waals surface area contributed by atoms with Gasteiger partial charge < -0.3 is 10.6 Å². The normalized spacial score (nSPS) is 16.6. The van der Waals surface area contributed by atoms with Crippen molar-refractivity contribution >= 4 is 17.3 Å². The van der Waals surface area contributed by atoms with Crippen molar-refractivity contribution < 1.29 is 4.79 Å². The Morgan fingerprint density at radius 1 is 1.40 bits per heavy atom. The van der Waals surface area contributed by atoms with Gasteiger partial charge in [-0.1, -0.05) is 18.2 Å². The number of fused-ring (bicyclic) bond motifs is 1. The fourth-order valence-electron chi connectivity index (χ4n) is 2.62. The minimum absolute atomic E-state index is 0.0135. The zero-order valence-corrected chi connectivity index (χ0v) is 11.9. The monoisotopic (exact) mass is 270 g/mol. The van der Waals surface area contributed by atoms with Gasteiger partial charge in [0.1, 0.15) is 6.04 Å². The third-order valence-corrected chi connectivity index (χ3v) is 3.84. The van der Waals surface area contributed by atoms with Crippen LogP contribution in [0.1, 0.15) is 17.0 Å². The molecule has 104 valence electrons. The van der Waals surface area contributed by atoms with Gasteiger partial charge in [-0.25, -0.2) is 0 Å². The molecule has 3 rings (SSSR count). The Morgan fingerprint density at radius 2 is 2.15 bits per heavy atom. The second-order valence-electron chi connectivity index (χ2n) is 5.22. The smallest absolute Gasteiger partial charge is 0.247 e. The SMILES string of the molecule is Cc1nn(C)c(C)c1NC(=O)[C@@H]1Cc2ccccc2N1. The third-order valence-electron chi connectivity index (χ3n) is 3.84. The van der Waals surface area contributed by atoms with Crippen molar-refractivity contribution in [1.29, 1.82) is 0 Å². The van der Waals surface area contributed by atoms with Crippen molar-refractivity contribution in [2.45, 2.75) is 26.3 Å². The van der Waals surface area contributed by atoms with Crippen LogP contribution in [0.2, 0.25) is 0 Å². The molecule has 1 aliphatic rings. The largest absolute Gasteiger partial charge is 0.373 e. The number of hydrogen-bond donors (Lipinski definition) is 2. The van der Waals surface area contributed by atoms with Crippen LogP contribution in [0.3, 0.4) is 0 Å². The Morgan fingerprint density at radius 3 is 2.80 bits per heavy atom. The van der Waals surface area contributed by atoms with Gasteiger partial charge in [0.15, 0.2) is 0 Å². The molecule has 0 radical (unpaired) electrons. The molecular formula is C15H18N4O. The van der Waals surface area contributed by atoms with E-state index in [0.717, 1.165) is 29.2 Å². The van der Waals surface area contributed by atoms with Crippen LogP contribution >= 0.6 is 0 Å². The van der Waals surface area contributed by atoms with Crippen LogP contribution in [-0.4, -0.2) is 21.7 Å². The summed E-state index contributed by atoms with van der Waals surface area (Å²) in [5.41, 5.74) is 4.86. The molecule has 1 aromatic carbocycles. The van der Waals surface area contributed by atoms with Gasteiger partial charge in [0.05, 0.1) is 17.1 Å². The van der Waals surface area contributed by atoms with Gasteiger partial charge in [0.2, 0.25) is 5.91 Å². The van der Waals surface area contributed by atoms with E-state index in [2.05, 4.69) is 21.8 Å². The average molecular weight is 270 g/mol. The maximum absolute atomic E-state index is 12.4. The average Bonchev–Trinajstić information content (AvgIpc) is 2.95. The van der Waals surface area contributed by atoms with E-state index >= 15 is 0 Å². The van der Waals surface area contributed by atoms with Crippen molar-refractivity contribution in [3.05, 3.63) is 41.2 Å². The Bertz CT molecular complexity index is 650. The number of para-hydroxylation sites is 1. The van der Waals surface area contributed by atoms with Crippen molar-refractivity contribution in [3.8, 4) is 0 Å². The molecular weight excluding hydrogens is 252 g/mol. The molecule has 1 amide bonds. The van der Waals surface area contributed by atoms with E-state index in [4.69, 9.17) is 0 Å². The van der Waals surface area contributed by atoms with Gasteiger partial charge in [0.25, 0.3) is 0 Å². The summed E-state index contributed by atoms with van der Waals surface area (Å²) in [6.07, 6.45) is 0.723. The molecule has 20 heavy (non-hydrogen) atoms. The topological polar surface area (TPSA) is 59.0 Å². The van der Waals surface area contributed by atoms with Crippen LogP contribution in [-0.2, 0) is 18.3 Å². The molecule has 5 nitrogen and oxygen atoms in total. The molecule has 0 saturated carbocycles. The number of hydrogen-bond acceptors (Lipinski definition) is 3. The molecule has 2 N–H and O–H groups in total. The number of rotatable bonds is 2. The Balaban J connectivity index is 1.76. The fraction of sp³-hybridized carbons (Fsp3) is 0.333. The van der Waals surface area contributed by atoms with Gasteiger partial charge in [-0.05, 0) is 25.5 Å². The lowest BCUT2D eigenvalue weighted by molar-refractivity contribution is -0.116. The zero-order chi connectivity index (χ0) is 14.3. The highest BCUT2D eigenvalue weighted by Gasteiger charge is 2.27. The number of aryl methyl sites for hydroxylation is 2. The van der Waals surface area contributed by atoms with Crippen molar-refractivity contribution in [2.24, 2.45) is 7.05 Å². The van der Waals surface area contributed by atoms with Crippen LogP contribution in [0.25, 0.3) is 0 Å². The van der Waals surface area contributed by atoms with E-state index in [1.807, 2.05) is 39.1 Å². The molecule has 2 aromatic rings. The number of carbonyl (C=O) groups excluding carboxylic acids is 1. The quantitative estimate of drug-likeness (QED) is 0.877. The summed E-state index contributed by atoms with van der Waals surface area (Å²) in [5, 5.41) is 10.6. The van der Waals surface area contributed by atoms with E-state index in [1.165, 1.54) is 5.56 Å². The first-order valence-corrected chi connectivity index (χ1v) is 6.72. The number of carbonyl (C=O) groups is 1. The summed E-state index contributed by atoms with van der Waals surface area (Å²) < 4.78 is 1.78. The zero-order valence-electron chi connectivity index (χ0n) is 11.9. The predicted molar refractivity (Wildman–Crippen MR) is 78.9 cm³/mol. The second kappa shape index (κ2) is 4.67. The highest BCUT2D eigenvalue weighted by Crippen LogP contribution is 2.26. The first-order chi connectivity index (χ1) is 9.56. The Kier molecular flexibility index (Phi) is 2.97. The highest BCUT2D eigenvalue weighted by atomic mass is 16.2. The lowest BCUT2D eigenvalue weighted by atomic mass is 10.1. The number of anilines is 2. The first kappa shape index (κ1) is 12.7. The van der Waals surface area contributed by atoms with Gasteiger partial charge >= 0.3 is 0 Å². The molecule has 2 heterocycles. The number of aromatic nitrogens is 2. The predicted octanol–water partition coefficient (Wildman–Crippen LogP) is 2.01. The van der Waals surface area contributed by atoms with Gasteiger partial charge in [0, 0.05) is 19.2 Å². The van der Waals surface area contributed by atoms with Gasteiger partial charge in [-0.3, -0.25) is 9.48 Å². The minimum Gasteiger partial charge on any atom is -0.373 e. The number of nitrogens with one attached hydrogen (secondary N) is 2. The fourth-order valence-corrected chi connectivity index (χ4v) is 2.62. The van der Waals surface area contributed by atoms with Crippen molar-refractivity contribution in [1.82, 2.24) is 9.78 Å². The van der Waals surface area contributed by atoms with Crippen LogP contribution in [0.15, 0.2) is 24.3 Å². The van der Waals surface area contributed by atoms with Gasteiger partial charge in [-0.2, -0.15) is 5.10 Å². The molecule has 1 atom stereocenters. The molecule has 0 bridgehead atoms. The maximum Gasteiger partial charge on any atom is 0.247 e. The standard InChI is InChI=1S/C15H18N4O/c1-9-14(10(2)19(3)18-9)17-15(20)13-8-11-6-4-5-7-12(11)16-13/h4-7,13,16H,8H2,1-3H3,(H,17,20)/t13-/m0/s1. The van der Waals surface area contributed by atoms with E-state index in [-0.39, 0.29) is 11.9 Å². The molecule has 0 fully saturated rings. The summed E-state index contributed by atoms with van der Waals surface area (Å²) in [6, 6.07) is 7.81. The third kappa shape index (κ3) is 2.05. The van der Waals surface area contributed by atoms with Crippen LogP contribution in [0, 0.1) is 13.8 Å². The number of benzene rings is 1. The summed E-state index contributed by atoms with van der Waals surface area (Å²) in [6.45, 7) is 3.85. The summed E-state index contributed by atoms with van der Waals surface area (Å²) in [7, 11) is 1.88. The van der Waals surface area contributed by atoms with E-state index in [9.17, 15) is 4.79 Å². The Labute approximate surface area is 118 Å². The lowest BCUT2D eigenvalue weighted by Gasteiger charge is -2.12. The van der Waals surface area contributed by atoms with Crippen molar-refractivity contribution in [3.63, 3.8) is 0 Å². The van der Waals surface area contributed by atoms with E-state index in [1.54, 1.807) is 4.68 Å². The minimum atomic E-state index is -0.216. The summed E-state index contributed by atoms with van der Waals surface area (Å²) in [5.74, 6) is -0.0135. The molecule has 5 heteroatoms. The van der Waals surface area contributed by atoms with Crippen LogP contribution in [0.5, 0.6) is 0 Å². The summed E-state index contributed by atoms with van der Waals surface area (Å²) in [4.78, 5) is 12.4. The highest BCUT2D eigenvalue weighted by molar-refractivity contribution is 5.98. The van der Waals surface area contributed by atoms with Crippen LogP contribution in [0.4, 0.5) is 11.4 Å². The first-order valence-electron chi connectivity index (χ1n) is 6.72. The maximum atomic E-state index is 12.4. The molecule has 0 aliphatic carbocycles. The lowest BCUT2D eigenvalue weighted by Crippen LogP contribution is -2.33. The summed E-state index contributed by atoms with van der Waals surface area (Å²) >= 11 is 0. The molecule has 1 aromatic heterocycles. The second-order valence-corrected chi connectivity index (χ2v) is 5.22. The Hall–Kier alpha value is -2.30. The number of nitrogens with zero attached hydrogens (tertiary/aromatic N) is 2. The van der Waals surface area contributed by atoms with E-state index in [0.29, 0.717) is 0 Å². The molecule has 1 aliphatic heterocycles. The van der Waals surface area contributed by atoms with Crippen molar-refractivity contribution in [2.75, 3.05) is 10.6 Å². The van der Waals surface area contributed by atoms with Crippen LogP contribution < -0.4 is 10.6 Å². The van der Waals surface area contributed by atoms with E-state index < -0.39 is 0 Å². The van der Waals surface area contributed by atoms with Gasteiger partial charge in [-0.15, -0.1) is 0 Å². The molecule has 0 unspecified atom stereocenters. The molecule has 0 saturated heterocycles. The number of amides is 1. The molecule has 0 spiro atoms.